The number of rotatable bonds is 7. The molecule has 2 atom stereocenters. The molecular formula is C26H29F2N5O3. The molecular weight excluding hydrogens is 468 g/mol. The van der Waals surface area contributed by atoms with E-state index < -0.39 is 17.6 Å². The summed E-state index contributed by atoms with van der Waals surface area (Å²) >= 11 is 0. The number of aliphatic hydroxyl groups is 1. The van der Waals surface area contributed by atoms with Crippen molar-refractivity contribution in [1.82, 2.24) is 9.97 Å². The van der Waals surface area contributed by atoms with Gasteiger partial charge in [-0.25, -0.2) is 9.97 Å². The first-order chi connectivity index (χ1) is 16.9. The lowest BCUT2D eigenvalue weighted by Gasteiger charge is -2.30. The molecule has 4 N–H and O–H groups in total. The van der Waals surface area contributed by atoms with Crippen molar-refractivity contribution in [2.45, 2.75) is 57.8 Å². The zero-order valence-corrected chi connectivity index (χ0v) is 20.6. The van der Waals surface area contributed by atoms with E-state index in [0.29, 0.717) is 52.6 Å². The molecule has 0 saturated carbocycles. The van der Waals surface area contributed by atoms with Gasteiger partial charge in [0, 0.05) is 23.1 Å². The van der Waals surface area contributed by atoms with Gasteiger partial charge in [0.25, 0.3) is 0 Å². The number of hydrogen-bond donors (Lipinski definition) is 3. The number of nitrogens with zero attached hydrogens (tertiary/aromatic N) is 3. The Balaban J connectivity index is 1.72. The number of nitrogens with one attached hydrogen (secondary N) is 1. The highest BCUT2D eigenvalue weighted by atomic mass is 19.3. The zero-order chi connectivity index (χ0) is 26.3. The van der Waals surface area contributed by atoms with Crippen molar-refractivity contribution in [3.63, 3.8) is 0 Å². The highest BCUT2D eigenvalue weighted by molar-refractivity contribution is 5.91. The Morgan fingerprint density at radius 2 is 2.00 bits per heavy atom. The molecule has 2 aromatic carbocycles. The summed E-state index contributed by atoms with van der Waals surface area (Å²) in [6.07, 6.45) is 0.571. The van der Waals surface area contributed by atoms with E-state index in [-0.39, 0.29) is 17.4 Å². The number of benzene rings is 2. The Hall–Kier alpha value is -3.55. The molecule has 3 aromatic rings. The minimum atomic E-state index is -3.51. The number of fused-ring (bicyclic) bond motifs is 1. The number of anilines is 2. The minimum absolute atomic E-state index is 0.150. The van der Waals surface area contributed by atoms with Crippen LogP contribution in [0.15, 0.2) is 30.3 Å². The van der Waals surface area contributed by atoms with Gasteiger partial charge >= 0.3 is 5.92 Å². The van der Waals surface area contributed by atoms with Crippen LogP contribution >= 0.6 is 0 Å². The molecule has 1 aromatic heterocycles. The summed E-state index contributed by atoms with van der Waals surface area (Å²) in [5, 5.41) is 23.5. The van der Waals surface area contributed by atoms with Crippen LogP contribution in [0.1, 0.15) is 55.7 Å². The van der Waals surface area contributed by atoms with Gasteiger partial charge in [0.15, 0.2) is 0 Å². The lowest BCUT2D eigenvalue weighted by atomic mass is 9.91. The summed E-state index contributed by atoms with van der Waals surface area (Å²) in [7, 11) is 0. The molecule has 10 heteroatoms. The molecule has 2 heterocycles. The van der Waals surface area contributed by atoms with Crippen LogP contribution in [0.5, 0.6) is 5.75 Å². The lowest BCUT2D eigenvalue weighted by Crippen LogP contribution is -2.40. The molecule has 0 unspecified atom stereocenters. The quantitative estimate of drug-likeness (QED) is 0.405. The van der Waals surface area contributed by atoms with Gasteiger partial charge in [-0.2, -0.15) is 14.0 Å². The maximum atomic E-state index is 14.9. The number of hydrogen-bond acceptors (Lipinski definition) is 8. The van der Waals surface area contributed by atoms with E-state index in [1.165, 1.54) is 6.07 Å². The largest absolute Gasteiger partial charge is 0.487 e. The monoisotopic (exact) mass is 497 g/mol. The Kier molecular flexibility index (Phi) is 6.73. The first-order valence-electron chi connectivity index (χ1n) is 11.6. The maximum absolute atomic E-state index is 14.9. The molecule has 1 aliphatic heterocycles. The molecule has 8 nitrogen and oxygen atoms in total. The van der Waals surface area contributed by atoms with E-state index in [0.717, 1.165) is 26.3 Å². The summed E-state index contributed by atoms with van der Waals surface area (Å²) in [5.41, 5.74) is 4.84. The van der Waals surface area contributed by atoms with Gasteiger partial charge in [0.1, 0.15) is 35.2 Å². The summed E-state index contributed by atoms with van der Waals surface area (Å²) in [5.74, 6) is -2.18. The molecule has 190 valence electrons. The average molecular weight is 498 g/mol. The number of nitriles is 1. The number of nitrogen functional groups attached to an aromatic ring is 1. The van der Waals surface area contributed by atoms with Crippen molar-refractivity contribution in [2.24, 2.45) is 0 Å². The Labute approximate surface area is 208 Å². The SMILES string of the molecule is Cc1nc(N[C@H](C)c2cc(N)cc(C(F)(F)C(C)(C)O)c2)c2cc(O[C@H]3CCOC3)c(C#N)cc2n1. The number of alkyl halides is 2. The van der Waals surface area contributed by atoms with E-state index in [1.54, 1.807) is 32.0 Å². The maximum Gasteiger partial charge on any atom is 0.300 e. The first-order valence-corrected chi connectivity index (χ1v) is 11.6. The second kappa shape index (κ2) is 9.48. The predicted octanol–water partition coefficient (Wildman–Crippen LogP) is 4.60. The van der Waals surface area contributed by atoms with Crippen LogP contribution in [0.4, 0.5) is 20.3 Å². The highest BCUT2D eigenvalue weighted by Crippen LogP contribution is 2.40. The van der Waals surface area contributed by atoms with E-state index in [9.17, 15) is 19.1 Å². The van der Waals surface area contributed by atoms with Gasteiger partial charge in [-0.15, -0.1) is 0 Å². The fraction of sp³-hybridized carbons (Fsp3) is 0.423. The fourth-order valence-corrected chi connectivity index (χ4v) is 4.10. The van der Waals surface area contributed by atoms with E-state index in [1.807, 2.05) is 0 Å². The van der Waals surface area contributed by atoms with Gasteiger partial charge in [-0.3, -0.25) is 0 Å². The van der Waals surface area contributed by atoms with Crippen LogP contribution in [0.25, 0.3) is 10.9 Å². The summed E-state index contributed by atoms with van der Waals surface area (Å²) < 4.78 is 41.1. The zero-order valence-electron chi connectivity index (χ0n) is 20.6. The summed E-state index contributed by atoms with van der Waals surface area (Å²) in [6.45, 7) is 6.68. The minimum Gasteiger partial charge on any atom is -0.487 e. The highest BCUT2D eigenvalue weighted by Gasteiger charge is 2.47. The number of aromatic nitrogens is 2. The third kappa shape index (κ3) is 5.03. The van der Waals surface area contributed by atoms with Crippen molar-refractivity contribution in [2.75, 3.05) is 24.3 Å². The van der Waals surface area contributed by atoms with Crippen molar-refractivity contribution in [1.29, 1.82) is 5.26 Å². The number of halogens is 2. The van der Waals surface area contributed by atoms with Crippen LogP contribution in [0, 0.1) is 18.3 Å². The smallest absolute Gasteiger partial charge is 0.300 e. The van der Waals surface area contributed by atoms with Crippen LogP contribution in [0.2, 0.25) is 0 Å². The topological polar surface area (TPSA) is 126 Å². The van der Waals surface area contributed by atoms with Crippen molar-refractivity contribution < 1.29 is 23.4 Å². The lowest BCUT2D eigenvalue weighted by molar-refractivity contribution is -0.168. The van der Waals surface area contributed by atoms with Gasteiger partial charge in [0.05, 0.1) is 30.3 Å². The Morgan fingerprint density at radius 3 is 2.64 bits per heavy atom. The van der Waals surface area contributed by atoms with Gasteiger partial charge in [0.2, 0.25) is 0 Å². The second-order valence-electron chi connectivity index (χ2n) is 9.59. The number of ether oxygens (including phenoxy) is 2. The Morgan fingerprint density at radius 1 is 1.25 bits per heavy atom. The molecule has 0 radical (unpaired) electrons. The molecule has 0 aliphatic carbocycles. The van der Waals surface area contributed by atoms with Gasteiger partial charge < -0.3 is 25.6 Å². The van der Waals surface area contributed by atoms with Crippen molar-refractivity contribution >= 4 is 22.4 Å². The fourth-order valence-electron chi connectivity index (χ4n) is 4.10. The third-order valence-corrected chi connectivity index (χ3v) is 6.17. The third-order valence-electron chi connectivity index (χ3n) is 6.17. The van der Waals surface area contributed by atoms with E-state index >= 15 is 0 Å². The second-order valence-corrected chi connectivity index (χ2v) is 9.59. The molecule has 1 fully saturated rings. The molecule has 0 spiro atoms. The van der Waals surface area contributed by atoms with E-state index in [2.05, 4.69) is 21.4 Å². The van der Waals surface area contributed by atoms with Gasteiger partial charge in [-0.1, -0.05) is 0 Å². The summed E-state index contributed by atoms with van der Waals surface area (Å²) in [6, 6.07) is 9.12. The standard InChI is InChI=1S/C26H29F2N5O3/c1-14(16-7-18(10-19(30)8-16)26(27,28)25(3,4)34)31-24-21-11-23(36-20-5-6-35-13-20)17(12-29)9-22(21)32-15(2)33-24/h7-11,14,20,34H,5-6,13,30H2,1-4H3,(H,31,32,33)/t14-,20+/m1/s1. The molecule has 1 saturated heterocycles. The van der Waals surface area contributed by atoms with Crippen LogP contribution in [-0.4, -0.2) is 40.0 Å². The van der Waals surface area contributed by atoms with Crippen molar-refractivity contribution in [3.8, 4) is 11.8 Å². The molecule has 0 amide bonds. The van der Waals surface area contributed by atoms with Crippen molar-refractivity contribution in [3.05, 3.63) is 52.8 Å². The summed E-state index contributed by atoms with van der Waals surface area (Å²) in [4.78, 5) is 8.98. The Bertz CT molecular complexity index is 1330. The predicted molar refractivity (Wildman–Crippen MR) is 132 cm³/mol. The van der Waals surface area contributed by atoms with E-state index in [4.69, 9.17) is 15.2 Å². The number of nitrogens with two attached hydrogens (primary N) is 1. The molecule has 0 bridgehead atoms. The van der Waals surface area contributed by atoms with Gasteiger partial charge in [-0.05, 0) is 63.6 Å². The number of aryl methyl sites for hydroxylation is 1. The first kappa shape index (κ1) is 25.5. The van der Waals surface area contributed by atoms with Crippen LogP contribution in [-0.2, 0) is 10.7 Å². The molecule has 36 heavy (non-hydrogen) atoms. The van der Waals surface area contributed by atoms with Crippen LogP contribution in [0.3, 0.4) is 0 Å². The molecule has 4 rings (SSSR count). The van der Waals surface area contributed by atoms with Crippen LogP contribution < -0.4 is 15.8 Å². The normalized spacial score (nSPS) is 17.1. The molecule has 1 aliphatic rings. The average Bonchev–Trinajstić information content (AvgIpc) is 3.31.